The predicted octanol–water partition coefficient (Wildman–Crippen LogP) is 2.45. The molecule has 0 N–H and O–H groups in total. The molecule has 1 aliphatic rings. The third kappa shape index (κ3) is 1.61. The summed E-state index contributed by atoms with van der Waals surface area (Å²) in [6.07, 6.45) is 1.10. The van der Waals surface area contributed by atoms with Gasteiger partial charge >= 0.3 is 0 Å². The van der Waals surface area contributed by atoms with E-state index in [0.29, 0.717) is 6.71 Å². The van der Waals surface area contributed by atoms with Crippen molar-refractivity contribution in [3.8, 4) is 0 Å². The Morgan fingerprint density at radius 1 is 1.00 bits per heavy atom. The van der Waals surface area contributed by atoms with Gasteiger partial charge in [0.25, 0.3) is 0 Å². The van der Waals surface area contributed by atoms with Crippen molar-refractivity contribution in [2.24, 2.45) is 0 Å². The molecule has 3 rings (SSSR count). The number of hydrogen-bond donors (Lipinski definition) is 0. The lowest BCUT2D eigenvalue weighted by Crippen LogP contribution is -2.48. The quantitative estimate of drug-likeness (QED) is 0.598. The molecule has 0 saturated carbocycles. The van der Waals surface area contributed by atoms with Crippen LogP contribution in [0.1, 0.15) is 22.3 Å². The lowest BCUT2D eigenvalue weighted by atomic mass is 9.38. The molecule has 1 heteroatoms. The summed E-state index contributed by atoms with van der Waals surface area (Å²) in [7, 11) is 0. The van der Waals surface area contributed by atoms with E-state index in [4.69, 9.17) is 0 Å². The van der Waals surface area contributed by atoms with E-state index in [1.54, 1.807) is 5.46 Å². The molecule has 0 amide bonds. The second kappa shape index (κ2) is 3.77. The van der Waals surface area contributed by atoms with Gasteiger partial charge < -0.3 is 0 Å². The van der Waals surface area contributed by atoms with Crippen molar-refractivity contribution in [3.05, 3.63) is 58.7 Å². The first-order valence-electron chi connectivity index (χ1n) is 6.34. The average molecular weight is 220 g/mol. The van der Waals surface area contributed by atoms with Crippen molar-refractivity contribution in [2.45, 2.75) is 27.1 Å². The van der Waals surface area contributed by atoms with Crippen molar-refractivity contribution >= 4 is 17.6 Å². The Kier molecular flexibility index (Phi) is 2.36. The monoisotopic (exact) mass is 220 g/mol. The maximum atomic E-state index is 2.36. The molecule has 2 aromatic rings. The number of rotatable bonds is 0. The van der Waals surface area contributed by atoms with Gasteiger partial charge in [0.05, 0.1) is 0 Å². The molecule has 0 bridgehead atoms. The summed E-state index contributed by atoms with van der Waals surface area (Å²) >= 11 is 0. The second-order valence-electron chi connectivity index (χ2n) is 5.25. The molecule has 17 heavy (non-hydrogen) atoms. The van der Waals surface area contributed by atoms with Gasteiger partial charge in [0.1, 0.15) is 0 Å². The van der Waals surface area contributed by atoms with Gasteiger partial charge in [-0.1, -0.05) is 65.3 Å². The molecule has 2 aromatic carbocycles. The van der Waals surface area contributed by atoms with Gasteiger partial charge in [0, 0.05) is 0 Å². The third-order valence-corrected chi connectivity index (χ3v) is 3.95. The molecule has 0 atom stereocenters. The van der Waals surface area contributed by atoms with Crippen LogP contribution in [0.2, 0.25) is 6.82 Å². The zero-order chi connectivity index (χ0) is 12.0. The van der Waals surface area contributed by atoms with E-state index < -0.39 is 0 Å². The standard InChI is InChI=1S/C16H17B/c1-11-8-12(2)16-14(9-11)10-13-6-4-5-7-15(13)17(16)3/h4-9H,10H2,1-3H3. The molecule has 0 unspecified atom stereocenters. The first kappa shape index (κ1) is 10.6. The van der Waals surface area contributed by atoms with E-state index in [1.165, 1.54) is 27.7 Å². The highest BCUT2D eigenvalue weighted by Crippen LogP contribution is 2.17. The van der Waals surface area contributed by atoms with Gasteiger partial charge in [-0.15, -0.1) is 0 Å². The highest BCUT2D eigenvalue weighted by molar-refractivity contribution is 6.85. The Morgan fingerprint density at radius 3 is 2.59 bits per heavy atom. The molecule has 1 aliphatic heterocycles. The van der Waals surface area contributed by atoms with Crippen molar-refractivity contribution < 1.29 is 0 Å². The molecule has 0 fully saturated rings. The number of benzene rings is 2. The molecule has 0 nitrogen and oxygen atoms in total. The second-order valence-corrected chi connectivity index (χ2v) is 5.25. The molecular formula is C16H17B. The first-order valence-corrected chi connectivity index (χ1v) is 6.34. The van der Waals surface area contributed by atoms with Gasteiger partial charge in [0.2, 0.25) is 6.71 Å². The third-order valence-electron chi connectivity index (χ3n) is 3.95. The summed E-state index contributed by atoms with van der Waals surface area (Å²) in [5.41, 5.74) is 8.90. The van der Waals surface area contributed by atoms with Crippen molar-refractivity contribution in [1.82, 2.24) is 0 Å². The highest BCUT2D eigenvalue weighted by Gasteiger charge is 2.25. The summed E-state index contributed by atoms with van der Waals surface area (Å²) in [5.74, 6) is 0. The summed E-state index contributed by atoms with van der Waals surface area (Å²) < 4.78 is 0. The van der Waals surface area contributed by atoms with E-state index >= 15 is 0 Å². The highest BCUT2D eigenvalue weighted by atomic mass is 14.1. The Hall–Kier alpha value is -1.50. The Bertz CT molecular complexity index is 584. The van der Waals surface area contributed by atoms with Crippen LogP contribution in [0, 0.1) is 13.8 Å². The van der Waals surface area contributed by atoms with Gasteiger partial charge in [0.15, 0.2) is 0 Å². The van der Waals surface area contributed by atoms with Crippen molar-refractivity contribution in [3.63, 3.8) is 0 Å². The minimum atomic E-state index is 0.538. The summed E-state index contributed by atoms with van der Waals surface area (Å²) in [5, 5.41) is 0. The summed E-state index contributed by atoms with van der Waals surface area (Å²) in [4.78, 5) is 0. The molecule has 84 valence electrons. The van der Waals surface area contributed by atoms with E-state index in [-0.39, 0.29) is 0 Å². The molecule has 1 heterocycles. The summed E-state index contributed by atoms with van der Waals surface area (Å²) in [6, 6.07) is 13.5. The predicted molar refractivity (Wildman–Crippen MR) is 76.1 cm³/mol. The molecular weight excluding hydrogens is 203 g/mol. The van der Waals surface area contributed by atoms with Crippen molar-refractivity contribution in [2.75, 3.05) is 0 Å². The molecule has 0 aliphatic carbocycles. The zero-order valence-electron chi connectivity index (χ0n) is 10.7. The minimum Gasteiger partial charge on any atom is -0.0774 e. The summed E-state index contributed by atoms with van der Waals surface area (Å²) in [6.45, 7) is 7.31. The van der Waals surface area contributed by atoms with E-state index in [0.717, 1.165) is 6.42 Å². The number of aryl methyl sites for hydroxylation is 2. The van der Waals surface area contributed by atoms with Crippen LogP contribution in [0.4, 0.5) is 0 Å². The Balaban J connectivity index is 2.23. The van der Waals surface area contributed by atoms with Gasteiger partial charge in [-0.2, -0.15) is 0 Å². The lowest BCUT2D eigenvalue weighted by molar-refractivity contribution is 1.18. The van der Waals surface area contributed by atoms with E-state index in [2.05, 4.69) is 57.1 Å². The smallest absolute Gasteiger partial charge is 0.0774 e. The van der Waals surface area contributed by atoms with Crippen LogP contribution in [-0.4, -0.2) is 6.71 Å². The van der Waals surface area contributed by atoms with Crippen LogP contribution in [0.15, 0.2) is 36.4 Å². The van der Waals surface area contributed by atoms with Crippen LogP contribution in [-0.2, 0) is 6.42 Å². The zero-order valence-corrected chi connectivity index (χ0v) is 10.7. The maximum Gasteiger partial charge on any atom is 0.207 e. The van der Waals surface area contributed by atoms with E-state index in [1.807, 2.05) is 0 Å². The fraction of sp³-hybridized carbons (Fsp3) is 0.250. The average Bonchev–Trinajstić information content (AvgIpc) is 2.28. The van der Waals surface area contributed by atoms with Crippen LogP contribution < -0.4 is 10.9 Å². The fourth-order valence-corrected chi connectivity index (χ4v) is 3.31. The molecule has 0 aromatic heterocycles. The Morgan fingerprint density at radius 2 is 1.76 bits per heavy atom. The van der Waals surface area contributed by atoms with Gasteiger partial charge in [-0.25, -0.2) is 0 Å². The first-order chi connectivity index (χ1) is 8.16. The van der Waals surface area contributed by atoms with Crippen LogP contribution in [0.25, 0.3) is 0 Å². The van der Waals surface area contributed by atoms with Gasteiger partial charge in [-0.3, -0.25) is 0 Å². The number of hydrogen-bond acceptors (Lipinski definition) is 0. The SMILES string of the molecule is CB1c2ccccc2Cc2cc(C)cc(C)c21. The Labute approximate surface area is 104 Å². The molecule has 0 saturated heterocycles. The fourth-order valence-electron chi connectivity index (χ4n) is 3.31. The van der Waals surface area contributed by atoms with Crippen LogP contribution >= 0.6 is 0 Å². The molecule has 0 spiro atoms. The largest absolute Gasteiger partial charge is 0.207 e. The lowest BCUT2D eigenvalue weighted by Gasteiger charge is -2.26. The number of fused-ring (bicyclic) bond motifs is 2. The van der Waals surface area contributed by atoms with Gasteiger partial charge in [-0.05, 0) is 31.4 Å². The van der Waals surface area contributed by atoms with Crippen LogP contribution in [0.3, 0.4) is 0 Å². The normalized spacial score (nSPS) is 13.2. The van der Waals surface area contributed by atoms with Crippen molar-refractivity contribution in [1.29, 1.82) is 0 Å². The maximum absolute atomic E-state index is 2.36. The topological polar surface area (TPSA) is 0 Å². The van der Waals surface area contributed by atoms with E-state index in [9.17, 15) is 0 Å². The molecule has 0 radical (unpaired) electrons. The minimum absolute atomic E-state index is 0.538. The van der Waals surface area contributed by atoms with Crippen LogP contribution in [0.5, 0.6) is 0 Å².